The van der Waals surface area contributed by atoms with Crippen molar-refractivity contribution in [2.45, 2.75) is 12.4 Å². The van der Waals surface area contributed by atoms with Crippen LogP contribution in [-0.2, 0) is 12.4 Å². The van der Waals surface area contributed by atoms with Crippen LogP contribution in [-0.4, -0.2) is 0 Å². The Hall–Kier alpha value is -1.06. The van der Waals surface area contributed by atoms with Crippen LogP contribution in [0.1, 0.15) is 11.1 Å². The van der Waals surface area contributed by atoms with Gasteiger partial charge in [0.15, 0.2) is 0 Å². The van der Waals surface area contributed by atoms with Crippen molar-refractivity contribution in [3.05, 3.63) is 63.9 Å². The molecular formula is C14H12BrClFN. The number of rotatable bonds is 4. The third-order valence-electron chi connectivity index (χ3n) is 2.63. The van der Waals surface area contributed by atoms with Gasteiger partial charge in [0, 0.05) is 18.1 Å². The van der Waals surface area contributed by atoms with Crippen LogP contribution in [0, 0.1) is 5.82 Å². The number of benzene rings is 2. The van der Waals surface area contributed by atoms with Gasteiger partial charge < -0.3 is 5.32 Å². The fourth-order valence-electron chi connectivity index (χ4n) is 1.66. The Labute approximate surface area is 119 Å². The average molecular weight is 329 g/mol. The molecule has 0 bridgehead atoms. The van der Waals surface area contributed by atoms with Gasteiger partial charge in [0.25, 0.3) is 0 Å². The molecule has 0 fully saturated rings. The largest absolute Gasteiger partial charge is 0.381 e. The lowest BCUT2D eigenvalue weighted by Crippen LogP contribution is -2.01. The number of alkyl halides is 1. The molecule has 2 rings (SSSR count). The molecule has 0 unspecified atom stereocenters. The summed E-state index contributed by atoms with van der Waals surface area (Å²) in [6.07, 6.45) is 0. The Balaban J connectivity index is 2.09. The lowest BCUT2D eigenvalue weighted by Gasteiger charge is -2.10. The number of nitrogens with one attached hydrogen (secondary N) is 1. The zero-order chi connectivity index (χ0) is 13.0. The fraction of sp³-hybridized carbons (Fsp3) is 0.143. The molecule has 0 aliphatic carbocycles. The van der Waals surface area contributed by atoms with Crippen LogP contribution in [0.15, 0.2) is 46.9 Å². The van der Waals surface area contributed by atoms with E-state index in [2.05, 4.69) is 21.2 Å². The first-order valence-corrected chi connectivity index (χ1v) is 6.85. The van der Waals surface area contributed by atoms with E-state index in [1.54, 1.807) is 12.1 Å². The molecule has 94 valence electrons. The van der Waals surface area contributed by atoms with E-state index in [1.807, 2.05) is 24.3 Å². The van der Waals surface area contributed by atoms with Crippen LogP contribution in [0.5, 0.6) is 0 Å². The van der Waals surface area contributed by atoms with Crippen molar-refractivity contribution in [2.24, 2.45) is 0 Å². The zero-order valence-electron chi connectivity index (χ0n) is 9.59. The van der Waals surface area contributed by atoms with Gasteiger partial charge in [-0.3, -0.25) is 0 Å². The van der Waals surface area contributed by atoms with Gasteiger partial charge in [-0.05, 0) is 45.3 Å². The predicted octanol–water partition coefficient (Wildman–Crippen LogP) is 4.94. The van der Waals surface area contributed by atoms with Gasteiger partial charge >= 0.3 is 0 Å². The molecule has 0 saturated carbocycles. The minimum absolute atomic E-state index is 0.250. The molecule has 0 amide bonds. The second-order valence-electron chi connectivity index (χ2n) is 3.89. The second-order valence-corrected chi connectivity index (χ2v) is 5.01. The lowest BCUT2D eigenvalue weighted by atomic mass is 10.2. The van der Waals surface area contributed by atoms with E-state index in [1.165, 1.54) is 6.07 Å². The first-order chi connectivity index (χ1) is 8.70. The van der Waals surface area contributed by atoms with E-state index in [0.717, 1.165) is 16.8 Å². The summed E-state index contributed by atoms with van der Waals surface area (Å²) >= 11 is 9.04. The lowest BCUT2D eigenvalue weighted by molar-refractivity contribution is 0.620. The Morgan fingerprint density at radius 3 is 2.67 bits per heavy atom. The van der Waals surface area contributed by atoms with Crippen molar-refractivity contribution < 1.29 is 4.39 Å². The molecule has 0 aromatic heterocycles. The molecular weight excluding hydrogens is 317 g/mol. The first kappa shape index (κ1) is 13.4. The van der Waals surface area contributed by atoms with Crippen LogP contribution in [0.4, 0.5) is 10.1 Å². The maximum Gasteiger partial charge on any atom is 0.137 e. The maximum atomic E-state index is 13.1. The van der Waals surface area contributed by atoms with Gasteiger partial charge in [-0.15, -0.1) is 11.6 Å². The molecule has 0 atom stereocenters. The highest BCUT2D eigenvalue weighted by molar-refractivity contribution is 9.10. The highest BCUT2D eigenvalue weighted by atomic mass is 79.9. The Morgan fingerprint density at radius 1 is 1.17 bits per heavy atom. The summed E-state index contributed by atoms with van der Waals surface area (Å²) in [5.41, 5.74) is 3.07. The fourth-order valence-corrected chi connectivity index (χ4v) is 2.32. The normalized spacial score (nSPS) is 10.4. The summed E-state index contributed by atoms with van der Waals surface area (Å²) in [7, 11) is 0. The van der Waals surface area contributed by atoms with Crippen LogP contribution in [0.3, 0.4) is 0 Å². The quantitative estimate of drug-likeness (QED) is 0.784. The maximum absolute atomic E-state index is 13.1. The molecule has 0 heterocycles. The van der Waals surface area contributed by atoms with Crippen molar-refractivity contribution in [1.29, 1.82) is 0 Å². The van der Waals surface area contributed by atoms with Gasteiger partial charge in [0.2, 0.25) is 0 Å². The molecule has 0 spiro atoms. The van der Waals surface area contributed by atoms with E-state index < -0.39 is 0 Å². The monoisotopic (exact) mass is 327 g/mol. The average Bonchev–Trinajstić information content (AvgIpc) is 2.40. The van der Waals surface area contributed by atoms with Gasteiger partial charge in [0.05, 0.1) is 4.47 Å². The number of anilines is 1. The van der Waals surface area contributed by atoms with Gasteiger partial charge in [-0.2, -0.15) is 0 Å². The van der Waals surface area contributed by atoms with Crippen molar-refractivity contribution in [1.82, 2.24) is 0 Å². The summed E-state index contributed by atoms with van der Waals surface area (Å²) in [6.45, 7) is 0.632. The molecule has 2 aromatic rings. The van der Waals surface area contributed by atoms with E-state index in [4.69, 9.17) is 11.6 Å². The number of hydrogen-bond acceptors (Lipinski definition) is 1. The smallest absolute Gasteiger partial charge is 0.137 e. The molecule has 1 nitrogen and oxygen atoms in total. The molecule has 0 saturated heterocycles. The molecule has 0 radical (unpaired) electrons. The van der Waals surface area contributed by atoms with E-state index in [-0.39, 0.29) is 5.82 Å². The molecule has 0 aliphatic rings. The van der Waals surface area contributed by atoms with Crippen LogP contribution in [0.25, 0.3) is 0 Å². The van der Waals surface area contributed by atoms with Crippen LogP contribution >= 0.6 is 27.5 Å². The first-order valence-electron chi connectivity index (χ1n) is 5.52. The Kier molecular flexibility index (Phi) is 4.61. The summed E-state index contributed by atoms with van der Waals surface area (Å²) < 4.78 is 13.6. The number of halogens is 3. The topological polar surface area (TPSA) is 12.0 Å². The van der Waals surface area contributed by atoms with Crippen LogP contribution in [0.2, 0.25) is 0 Å². The Morgan fingerprint density at radius 2 is 1.94 bits per heavy atom. The predicted molar refractivity (Wildman–Crippen MR) is 77.4 cm³/mol. The second kappa shape index (κ2) is 6.21. The van der Waals surface area contributed by atoms with Crippen LogP contribution < -0.4 is 5.32 Å². The molecule has 18 heavy (non-hydrogen) atoms. The Bertz CT molecular complexity index is 545. The van der Waals surface area contributed by atoms with E-state index in [0.29, 0.717) is 16.9 Å². The molecule has 4 heteroatoms. The van der Waals surface area contributed by atoms with Gasteiger partial charge in [-0.1, -0.05) is 24.3 Å². The third-order valence-corrected chi connectivity index (χ3v) is 3.52. The highest BCUT2D eigenvalue weighted by Gasteiger charge is 2.02. The summed E-state index contributed by atoms with van der Waals surface area (Å²) in [4.78, 5) is 0. The number of hydrogen-bond donors (Lipinski definition) is 1. The number of para-hydroxylation sites is 1. The standard InChI is InChI=1S/C14H12BrClFN/c15-12-7-10(5-6-13(12)17)9-18-14-4-2-1-3-11(14)8-16/h1-7,18H,8-9H2. The van der Waals surface area contributed by atoms with Crippen molar-refractivity contribution in [3.63, 3.8) is 0 Å². The van der Waals surface area contributed by atoms with Crippen molar-refractivity contribution in [2.75, 3.05) is 5.32 Å². The minimum Gasteiger partial charge on any atom is -0.381 e. The minimum atomic E-state index is -0.250. The summed E-state index contributed by atoms with van der Waals surface area (Å²) in [5.74, 6) is 0.218. The summed E-state index contributed by atoms with van der Waals surface area (Å²) in [5, 5.41) is 3.30. The van der Waals surface area contributed by atoms with Gasteiger partial charge in [0.1, 0.15) is 5.82 Å². The molecule has 0 aliphatic heterocycles. The third kappa shape index (κ3) is 3.24. The van der Waals surface area contributed by atoms with Gasteiger partial charge in [-0.25, -0.2) is 4.39 Å². The highest BCUT2D eigenvalue weighted by Crippen LogP contribution is 2.20. The van der Waals surface area contributed by atoms with E-state index >= 15 is 0 Å². The summed E-state index contributed by atoms with van der Waals surface area (Å²) in [6, 6.07) is 12.9. The zero-order valence-corrected chi connectivity index (χ0v) is 11.9. The van der Waals surface area contributed by atoms with E-state index in [9.17, 15) is 4.39 Å². The van der Waals surface area contributed by atoms with Crippen molar-refractivity contribution in [3.8, 4) is 0 Å². The molecule has 2 aromatic carbocycles. The molecule has 1 N–H and O–H groups in total. The van der Waals surface area contributed by atoms with Crippen molar-refractivity contribution >= 4 is 33.2 Å². The SMILES string of the molecule is Fc1ccc(CNc2ccccc2CCl)cc1Br.